The molecule has 6 nitrogen and oxygen atoms in total. The van der Waals surface area contributed by atoms with Crippen molar-refractivity contribution in [2.24, 2.45) is 0 Å². The summed E-state index contributed by atoms with van der Waals surface area (Å²) < 4.78 is 19.3. The van der Waals surface area contributed by atoms with Crippen LogP contribution in [0.4, 0.5) is 15.2 Å². The number of aromatic nitrogens is 1. The Bertz CT molecular complexity index is 1130. The summed E-state index contributed by atoms with van der Waals surface area (Å²) >= 11 is 1.20. The number of nitrogens with one attached hydrogen (secondary N) is 1. The Labute approximate surface area is 196 Å². The highest BCUT2D eigenvalue weighted by Gasteiger charge is 2.20. The van der Waals surface area contributed by atoms with Gasteiger partial charge >= 0.3 is 0 Å². The van der Waals surface area contributed by atoms with Crippen molar-refractivity contribution in [1.82, 2.24) is 10.3 Å². The maximum atomic E-state index is 14.2. The summed E-state index contributed by atoms with van der Waals surface area (Å²) in [5.41, 5.74) is 1.82. The minimum atomic E-state index is -0.511. The molecular formula is C25H26FN3O3S. The van der Waals surface area contributed by atoms with Crippen LogP contribution in [-0.4, -0.2) is 29.9 Å². The number of aryl methyl sites for hydroxylation is 1. The number of carbonyl (C=O) groups is 2. The molecule has 0 aliphatic heterocycles. The average Bonchev–Trinajstić information content (AvgIpc) is 3.26. The van der Waals surface area contributed by atoms with Crippen molar-refractivity contribution in [3.63, 3.8) is 0 Å². The number of carbonyl (C=O) groups excluding carboxylic acids is 2. The predicted molar refractivity (Wildman–Crippen MR) is 129 cm³/mol. The molecule has 2 amide bonds. The molecule has 0 saturated heterocycles. The van der Waals surface area contributed by atoms with Gasteiger partial charge in [0.2, 0.25) is 11.8 Å². The number of rotatable bonds is 9. The van der Waals surface area contributed by atoms with E-state index in [1.165, 1.54) is 46.9 Å². The van der Waals surface area contributed by atoms with Gasteiger partial charge in [-0.15, -0.1) is 11.3 Å². The molecule has 0 bridgehead atoms. The van der Waals surface area contributed by atoms with Gasteiger partial charge in [0.15, 0.2) is 5.13 Å². The molecular weight excluding hydrogens is 441 g/mol. The fourth-order valence-corrected chi connectivity index (χ4v) is 4.04. The topological polar surface area (TPSA) is 71.5 Å². The van der Waals surface area contributed by atoms with E-state index in [2.05, 4.69) is 10.3 Å². The molecule has 0 aliphatic rings. The number of thiazole rings is 1. The van der Waals surface area contributed by atoms with Gasteiger partial charge in [-0.1, -0.05) is 24.3 Å². The van der Waals surface area contributed by atoms with E-state index in [0.29, 0.717) is 10.8 Å². The molecule has 3 aromatic rings. The minimum absolute atomic E-state index is 0.00972. The summed E-state index contributed by atoms with van der Waals surface area (Å²) in [6, 6.07) is 13.9. The quantitative estimate of drug-likeness (QED) is 0.443. The van der Waals surface area contributed by atoms with Crippen molar-refractivity contribution in [2.75, 3.05) is 12.0 Å². The molecule has 0 aliphatic carbocycles. The number of methoxy groups -OCH3 is 1. The first-order chi connectivity index (χ1) is 15.9. The maximum absolute atomic E-state index is 14.2. The molecule has 33 heavy (non-hydrogen) atoms. The van der Waals surface area contributed by atoms with Gasteiger partial charge in [0, 0.05) is 24.4 Å². The van der Waals surface area contributed by atoms with Crippen LogP contribution >= 0.6 is 11.3 Å². The normalized spacial score (nSPS) is 11.9. The van der Waals surface area contributed by atoms with E-state index in [1.807, 2.05) is 31.2 Å². The van der Waals surface area contributed by atoms with Crippen LogP contribution in [0.1, 0.15) is 31.5 Å². The summed E-state index contributed by atoms with van der Waals surface area (Å²) in [7, 11) is 1.63. The van der Waals surface area contributed by atoms with Crippen LogP contribution in [0.15, 0.2) is 60.0 Å². The fraction of sp³-hybridized carbons (Fsp3) is 0.240. The van der Waals surface area contributed by atoms with Gasteiger partial charge in [-0.3, -0.25) is 14.5 Å². The maximum Gasteiger partial charge on any atom is 0.244 e. The summed E-state index contributed by atoms with van der Waals surface area (Å²) in [6.45, 7) is 3.31. The van der Waals surface area contributed by atoms with E-state index in [0.717, 1.165) is 18.6 Å². The summed E-state index contributed by atoms with van der Waals surface area (Å²) in [5, 5.41) is 4.98. The molecule has 1 unspecified atom stereocenters. The number of benzene rings is 2. The highest BCUT2D eigenvalue weighted by atomic mass is 32.1. The van der Waals surface area contributed by atoms with E-state index < -0.39 is 5.82 Å². The highest BCUT2D eigenvalue weighted by Crippen LogP contribution is 2.30. The lowest BCUT2D eigenvalue weighted by Gasteiger charge is -2.18. The lowest BCUT2D eigenvalue weighted by Crippen LogP contribution is -2.31. The molecule has 0 spiro atoms. The van der Waals surface area contributed by atoms with Crippen molar-refractivity contribution in [3.8, 4) is 5.75 Å². The van der Waals surface area contributed by atoms with Crippen LogP contribution < -0.4 is 15.0 Å². The first-order valence-electron chi connectivity index (χ1n) is 10.5. The molecule has 1 aromatic heterocycles. The second kappa shape index (κ2) is 11.4. The average molecular weight is 468 g/mol. The van der Waals surface area contributed by atoms with Crippen molar-refractivity contribution >= 4 is 40.0 Å². The molecule has 2 aromatic carbocycles. The first kappa shape index (κ1) is 24.1. The largest absolute Gasteiger partial charge is 0.497 e. The third-order valence-electron chi connectivity index (χ3n) is 4.93. The summed E-state index contributed by atoms with van der Waals surface area (Å²) in [6.07, 6.45) is 4.61. The minimum Gasteiger partial charge on any atom is -0.497 e. The molecule has 0 saturated carbocycles. The molecule has 1 heterocycles. The van der Waals surface area contributed by atoms with Crippen LogP contribution in [0.3, 0.4) is 0 Å². The Hall–Kier alpha value is -3.52. The second-order valence-corrected chi connectivity index (χ2v) is 8.33. The van der Waals surface area contributed by atoms with E-state index in [9.17, 15) is 14.0 Å². The van der Waals surface area contributed by atoms with E-state index in [1.54, 1.807) is 30.7 Å². The van der Waals surface area contributed by atoms with Crippen molar-refractivity contribution in [2.45, 2.75) is 32.7 Å². The molecule has 3 rings (SSSR count). The van der Waals surface area contributed by atoms with E-state index >= 15 is 0 Å². The number of nitrogens with zero attached hydrogens (tertiary/aromatic N) is 2. The van der Waals surface area contributed by atoms with E-state index in [-0.39, 0.29) is 23.5 Å². The number of amides is 2. The Balaban J connectivity index is 1.56. The number of para-hydroxylation sites is 1. The van der Waals surface area contributed by atoms with Gasteiger partial charge in [0.25, 0.3) is 0 Å². The predicted octanol–water partition coefficient (Wildman–Crippen LogP) is 5.13. The Kier molecular flexibility index (Phi) is 8.32. The van der Waals surface area contributed by atoms with Gasteiger partial charge in [-0.25, -0.2) is 9.37 Å². The Morgan fingerprint density at radius 1 is 1.21 bits per heavy atom. The van der Waals surface area contributed by atoms with Gasteiger partial charge in [-0.05, 0) is 55.7 Å². The molecule has 172 valence electrons. The Morgan fingerprint density at radius 2 is 1.94 bits per heavy atom. The zero-order valence-electron chi connectivity index (χ0n) is 18.7. The smallest absolute Gasteiger partial charge is 0.244 e. The van der Waals surface area contributed by atoms with Gasteiger partial charge in [0.1, 0.15) is 11.6 Å². The number of halogens is 1. The van der Waals surface area contributed by atoms with Gasteiger partial charge in [-0.2, -0.15) is 0 Å². The number of hydrogen-bond acceptors (Lipinski definition) is 5. The number of anilines is 2. The van der Waals surface area contributed by atoms with Crippen molar-refractivity contribution in [3.05, 3.63) is 77.1 Å². The van der Waals surface area contributed by atoms with E-state index in [4.69, 9.17) is 4.74 Å². The van der Waals surface area contributed by atoms with Crippen molar-refractivity contribution < 1.29 is 18.7 Å². The van der Waals surface area contributed by atoms with Gasteiger partial charge < -0.3 is 10.1 Å². The molecule has 0 radical (unpaired) electrons. The molecule has 0 fully saturated rings. The lowest BCUT2D eigenvalue weighted by atomic mass is 10.1. The SMILES string of the molecule is COc1ccc(CCC(C)NC(=O)/C=C/c2csc(N(C(C)=O)c3ccccc3F)n2)cc1. The highest BCUT2D eigenvalue weighted by molar-refractivity contribution is 7.14. The zero-order chi connectivity index (χ0) is 23.8. The van der Waals surface area contributed by atoms with Crippen LogP contribution in [0.5, 0.6) is 5.75 Å². The van der Waals surface area contributed by atoms with Gasteiger partial charge in [0.05, 0.1) is 18.5 Å². The van der Waals surface area contributed by atoms with Crippen LogP contribution in [0.2, 0.25) is 0 Å². The van der Waals surface area contributed by atoms with Crippen LogP contribution in [0, 0.1) is 5.82 Å². The standard InChI is InChI=1S/C25H26FN3O3S/c1-17(8-9-19-10-13-21(32-3)14-11-19)27-24(31)15-12-20-16-33-25(28-20)29(18(2)30)23-7-5-4-6-22(23)26/h4-7,10-17H,8-9H2,1-3H3,(H,27,31)/b15-12+. The monoisotopic (exact) mass is 467 g/mol. The first-order valence-corrected chi connectivity index (χ1v) is 11.4. The summed E-state index contributed by atoms with van der Waals surface area (Å²) in [5.74, 6) is -0.281. The van der Waals surface area contributed by atoms with Crippen molar-refractivity contribution in [1.29, 1.82) is 0 Å². The fourth-order valence-electron chi connectivity index (χ4n) is 3.20. The lowest BCUT2D eigenvalue weighted by molar-refractivity contribution is -0.117. The molecule has 8 heteroatoms. The Morgan fingerprint density at radius 3 is 2.61 bits per heavy atom. The van der Waals surface area contributed by atoms with Crippen LogP contribution in [-0.2, 0) is 16.0 Å². The summed E-state index contributed by atoms with van der Waals surface area (Å²) in [4.78, 5) is 30.0. The zero-order valence-corrected chi connectivity index (χ0v) is 19.6. The van der Waals surface area contributed by atoms with Crippen LogP contribution in [0.25, 0.3) is 6.08 Å². The third kappa shape index (κ3) is 6.73. The molecule has 1 atom stereocenters. The number of hydrogen-bond donors (Lipinski definition) is 1. The number of ether oxygens (including phenoxy) is 1. The molecule has 1 N–H and O–H groups in total. The third-order valence-corrected chi connectivity index (χ3v) is 5.77. The second-order valence-electron chi connectivity index (χ2n) is 7.49.